The number of nitrogens with zero attached hydrogens (tertiary/aromatic N) is 2. The number of halogens is 4. The smallest absolute Gasteiger partial charge is 0.465 e. The minimum absolute atomic E-state index is 0.0355. The van der Waals surface area contributed by atoms with Gasteiger partial charge in [0.1, 0.15) is 4.90 Å². The molecule has 2 amide bonds. The van der Waals surface area contributed by atoms with Crippen molar-refractivity contribution in [1.82, 2.24) is 14.9 Å². The van der Waals surface area contributed by atoms with Crippen molar-refractivity contribution in [3.8, 4) is 0 Å². The molecular formula is C42H45ClF3N5O7S3. The van der Waals surface area contributed by atoms with E-state index in [2.05, 4.69) is 32.6 Å². The molecule has 0 saturated carbocycles. The topological polar surface area (TPSA) is 165 Å². The second-order valence-electron chi connectivity index (χ2n) is 14.6. The Morgan fingerprint density at radius 2 is 1.52 bits per heavy atom. The van der Waals surface area contributed by atoms with Gasteiger partial charge >= 0.3 is 11.6 Å². The molecule has 6 rings (SSSR count). The molecule has 1 fully saturated rings. The van der Waals surface area contributed by atoms with E-state index in [4.69, 9.17) is 16.7 Å². The van der Waals surface area contributed by atoms with Crippen molar-refractivity contribution in [2.24, 2.45) is 0 Å². The van der Waals surface area contributed by atoms with Gasteiger partial charge in [0.25, 0.3) is 25.8 Å². The quantitative estimate of drug-likeness (QED) is 0.0803. The number of carboxylic acid groups (broad SMARTS) is 1. The molecule has 12 nitrogen and oxygen atoms in total. The first-order valence-electron chi connectivity index (χ1n) is 19.5. The Bertz CT molecular complexity index is 2430. The third-order valence-electron chi connectivity index (χ3n) is 10.5. The zero-order chi connectivity index (χ0) is 43.8. The van der Waals surface area contributed by atoms with Crippen molar-refractivity contribution in [3.63, 3.8) is 0 Å². The van der Waals surface area contributed by atoms with Gasteiger partial charge in [-0.2, -0.15) is 13.2 Å². The van der Waals surface area contributed by atoms with E-state index in [0.717, 1.165) is 81.1 Å². The number of benzene rings is 4. The van der Waals surface area contributed by atoms with Crippen LogP contribution in [0, 0.1) is 0 Å². The molecule has 1 aliphatic heterocycles. The Kier molecular flexibility index (Phi) is 15.0. The molecule has 61 heavy (non-hydrogen) atoms. The molecule has 4 aromatic rings. The van der Waals surface area contributed by atoms with Crippen molar-refractivity contribution in [3.05, 3.63) is 119 Å². The summed E-state index contributed by atoms with van der Waals surface area (Å²) >= 11 is 7.42. The Morgan fingerprint density at radius 1 is 0.852 bits per heavy atom. The predicted octanol–water partition coefficient (Wildman–Crippen LogP) is 8.13. The monoisotopic (exact) mass is 919 g/mol. The Morgan fingerprint density at radius 3 is 2.18 bits per heavy atom. The third-order valence-corrected chi connectivity index (χ3v) is 14.7. The number of anilines is 2. The van der Waals surface area contributed by atoms with Crippen LogP contribution in [0.5, 0.6) is 0 Å². The highest BCUT2D eigenvalue weighted by molar-refractivity contribution is 7.99. The first-order chi connectivity index (χ1) is 29.0. The summed E-state index contributed by atoms with van der Waals surface area (Å²) in [6.45, 7) is 3.84. The van der Waals surface area contributed by atoms with Crippen LogP contribution in [0.25, 0.3) is 5.57 Å². The summed E-state index contributed by atoms with van der Waals surface area (Å²) in [4.78, 5) is 27.4. The van der Waals surface area contributed by atoms with Crippen LogP contribution in [-0.2, 0) is 19.9 Å². The highest BCUT2D eigenvalue weighted by atomic mass is 35.5. The lowest BCUT2D eigenvalue weighted by atomic mass is 9.87. The molecular weight excluding hydrogens is 875 g/mol. The summed E-state index contributed by atoms with van der Waals surface area (Å²) < 4.78 is 96.4. The molecule has 0 aromatic heterocycles. The molecule has 0 spiro atoms. The molecule has 2 aliphatic rings. The number of amides is 2. The van der Waals surface area contributed by atoms with Gasteiger partial charge in [-0.25, -0.2) is 26.4 Å². The maximum atomic E-state index is 14.0. The van der Waals surface area contributed by atoms with Crippen LogP contribution in [0.2, 0.25) is 5.02 Å². The Hall–Kier alpha value is -4.75. The largest absolute Gasteiger partial charge is 0.501 e. The van der Waals surface area contributed by atoms with Gasteiger partial charge in [-0.05, 0) is 110 Å². The van der Waals surface area contributed by atoms with Crippen LogP contribution in [0.1, 0.15) is 48.0 Å². The molecule has 4 N–H and O–H groups in total. The fourth-order valence-corrected chi connectivity index (χ4v) is 10.4. The molecule has 0 bridgehead atoms. The highest BCUT2D eigenvalue weighted by Gasteiger charge is 2.48. The summed E-state index contributed by atoms with van der Waals surface area (Å²) in [6, 6.07) is 24.5. The van der Waals surface area contributed by atoms with Gasteiger partial charge in [0.2, 0.25) is 0 Å². The summed E-state index contributed by atoms with van der Waals surface area (Å²) in [5, 5.41) is 14.7. The predicted molar refractivity (Wildman–Crippen MR) is 231 cm³/mol. The minimum atomic E-state index is -6.13. The fourth-order valence-electron chi connectivity index (χ4n) is 7.26. The lowest BCUT2D eigenvalue weighted by molar-refractivity contribution is -0.0436. The van der Waals surface area contributed by atoms with Gasteiger partial charge in [-0.15, -0.1) is 11.8 Å². The molecule has 0 radical (unpaired) electrons. The SMILES string of the molecule is O=C(O)NCC[C@H](CSc1ccccc1)Nc1ccc(S(=O)(=O)NC(=O)c2ccc(N3CCN(CC4=C(c5ccc(Cl)cc5)CCCC4)CC3)cc2)cc1S(=O)(=O)C(F)(F)F. The zero-order valence-corrected chi connectivity index (χ0v) is 36.0. The standard InChI is InChI=1S/C42H45ClF3N5O7S3/c43-32-14-10-29(11-15-32)37-9-5-4-6-31(37)27-50-22-24-51(25-23-50)34-16-12-30(13-17-34)40(52)49-61(57,58)36-18-19-38(39(26-36)60(55,56)42(44,45)46)48-33(20-21-47-41(53)54)28-59-35-7-2-1-3-8-35/h1-3,7-8,10-19,26,33,47-48H,4-6,9,20-25,27-28H2,(H,49,52)(H,53,54)/t33-/m1/s1. The molecule has 1 aliphatic carbocycles. The van der Waals surface area contributed by atoms with E-state index < -0.39 is 58.9 Å². The van der Waals surface area contributed by atoms with Crippen molar-refractivity contribution in [2.45, 2.75) is 58.3 Å². The molecule has 1 atom stereocenters. The Balaban J connectivity index is 1.12. The molecule has 0 unspecified atom stereocenters. The number of nitrogens with one attached hydrogen (secondary N) is 3. The molecule has 4 aromatic carbocycles. The molecule has 1 saturated heterocycles. The number of carbonyl (C=O) groups is 2. The maximum absolute atomic E-state index is 14.0. The first kappa shape index (κ1) is 45.8. The van der Waals surface area contributed by atoms with Gasteiger partial charge in [0, 0.05) is 72.2 Å². The molecule has 1 heterocycles. The minimum Gasteiger partial charge on any atom is -0.465 e. The number of sulfonamides is 1. The number of allylic oxidation sites excluding steroid dienone is 1. The Labute approximate surface area is 362 Å². The van der Waals surface area contributed by atoms with Crippen LogP contribution in [0.4, 0.5) is 29.3 Å². The van der Waals surface area contributed by atoms with E-state index in [1.54, 1.807) is 42.5 Å². The first-order valence-corrected chi connectivity index (χ1v) is 23.8. The van der Waals surface area contributed by atoms with Crippen LogP contribution >= 0.6 is 23.4 Å². The summed E-state index contributed by atoms with van der Waals surface area (Å²) in [6.07, 6.45) is 3.11. The van der Waals surface area contributed by atoms with E-state index in [9.17, 15) is 39.6 Å². The number of hydrogen-bond acceptors (Lipinski definition) is 10. The van der Waals surface area contributed by atoms with Crippen LogP contribution in [0.3, 0.4) is 0 Å². The summed E-state index contributed by atoms with van der Waals surface area (Å²) in [7, 11) is -11.0. The lowest BCUT2D eigenvalue weighted by Crippen LogP contribution is -2.47. The summed E-state index contributed by atoms with van der Waals surface area (Å²) in [5.74, 6) is -0.896. The number of rotatable bonds is 16. The van der Waals surface area contributed by atoms with Crippen molar-refractivity contribution < 1.29 is 44.7 Å². The number of alkyl halides is 3. The van der Waals surface area contributed by atoms with E-state index >= 15 is 0 Å². The van der Waals surface area contributed by atoms with Crippen LogP contribution < -0.4 is 20.3 Å². The second kappa shape index (κ2) is 20.0. The number of piperazine rings is 1. The maximum Gasteiger partial charge on any atom is 0.501 e. The van der Waals surface area contributed by atoms with Gasteiger partial charge < -0.3 is 20.6 Å². The van der Waals surface area contributed by atoms with Crippen molar-refractivity contribution >= 4 is 72.2 Å². The van der Waals surface area contributed by atoms with Gasteiger partial charge in [0.15, 0.2) is 0 Å². The molecule has 326 valence electrons. The van der Waals surface area contributed by atoms with Gasteiger partial charge in [0.05, 0.1) is 10.6 Å². The number of carbonyl (C=O) groups excluding carboxylic acids is 1. The van der Waals surface area contributed by atoms with Crippen LogP contribution in [-0.4, -0.2) is 95.4 Å². The van der Waals surface area contributed by atoms with Crippen molar-refractivity contribution in [1.29, 1.82) is 0 Å². The number of thioether (sulfide) groups is 1. The van der Waals surface area contributed by atoms with E-state index in [1.165, 1.54) is 40.6 Å². The number of hydrogen-bond donors (Lipinski definition) is 4. The highest BCUT2D eigenvalue weighted by Crippen LogP contribution is 2.37. The van der Waals surface area contributed by atoms with Gasteiger partial charge in [-0.1, -0.05) is 47.5 Å². The van der Waals surface area contributed by atoms with Crippen LogP contribution in [0.15, 0.2) is 117 Å². The third kappa shape index (κ3) is 12.0. The zero-order valence-electron chi connectivity index (χ0n) is 32.8. The van der Waals surface area contributed by atoms with Gasteiger partial charge in [-0.3, -0.25) is 9.69 Å². The normalized spacial score (nSPS) is 15.9. The average molecular weight is 920 g/mol. The van der Waals surface area contributed by atoms with Crippen molar-refractivity contribution in [2.75, 3.05) is 55.2 Å². The van der Waals surface area contributed by atoms with E-state index in [0.29, 0.717) is 11.1 Å². The molecule has 19 heteroatoms. The average Bonchev–Trinajstić information content (AvgIpc) is 3.23. The van der Waals surface area contributed by atoms with E-state index in [-0.39, 0.29) is 24.3 Å². The second-order valence-corrected chi connectivity index (χ2v) is 19.8. The van der Waals surface area contributed by atoms with E-state index in [1.807, 2.05) is 16.9 Å². The fraction of sp³-hybridized carbons (Fsp3) is 0.333. The summed E-state index contributed by atoms with van der Waals surface area (Å²) in [5.41, 5.74) is -1.53. The lowest BCUT2D eigenvalue weighted by Gasteiger charge is -2.37. The number of sulfone groups is 1.